The van der Waals surface area contributed by atoms with Crippen LogP contribution in [0.25, 0.3) is 16.6 Å². The van der Waals surface area contributed by atoms with Crippen LogP contribution in [0.3, 0.4) is 0 Å². The summed E-state index contributed by atoms with van der Waals surface area (Å²) in [6.07, 6.45) is 8.08. The molecule has 0 fully saturated rings. The van der Waals surface area contributed by atoms with E-state index in [9.17, 15) is 4.39 Å². The van der Waals surface area contributed by atoms with Gasteiger partial charge in [0.2, 0.25) is 0 Å². The van der Waals surface area contributed by atoms with E-state index >= 15 is 0 Å². The lowest BCUT2D eigenvalue weighted by Crippen LogP contribution is -1.97. The summed E-state index contributed by atoms with van der Waals surface area (Å²) < 4.78 is 15.9. The normalized spacial score (nSPS) is 11.3. The van der Waals surface area contributed by atoms with Gasteiger partial charge >= 0.3 is 0 Å². The minimum atomic E-state index is -0.351. The van der Waals surface area contributed by atoms with Crippen molar-refractivity contribution in [3.8, 4) is 5.69 Å². The number of fused-ring (bicyclic) bond motifs is 1. The number of halogens is 2. The Morgan fingerprint density at radius 3 is 2.85 bits per heavy atom. The van der Waals surface area contributed by atoms with Gasteiger partial charge in [0.15, 0.2) is 0 Å². The monoisotopic (exact) mass is 365 g/mol. The number of nitrogens with one attached hydrogen (secondary N) is 1. The lowest BCUT2D eigenvalue weighted by Gasteiger charge is -2.06. The number of hydrazone groups is 1. The molecule has 0 saturated carbocycles. The van der Waals surface area contributed by atoms with Crippen molar-refractivity contribution in [1.29, 1.82) is 0 Å². The zero-order valence-corrected chi connectivity index (χ0v) is 14.2. The summed E-state index contributed by atoms with van der Waals surface area (Å²) in [5.41, 5.74) is 5.60. The van der Waals surface area contributed by atoms with E-state index in [-0.39, 0.29) is 5.82 Å². The van der Waals surface area contributed by atoms with Crippen LogP contribution in [0.15, 0.2) is 72.5 Å². The van der Waals surface area contributed by atoms with Crippen molar-refractivity contribution in [1.82, 2.24) is 14.5 Å². The average Bonchev–Trinajstić information content (AvgIpc) is 3.16. The summed E-state index contributed by atoms with van der Waals surface area (Å²) in [7, 11) is 0. The number of anilines is 1. The van der Waals surface area contributed by atoms with Gasteiger partial charge in [-0.1, -0.05) is 17.7 Å². The van der Waals surface area contributed by atoms with Gasteiger partial charge in [-0.15, -0.1) is 0 Å². The molecule has 2 aromatic heterocycles. The third-order valence-corrected chi connectivity index (χ3v) is 4.09. The van der Waals surface area contributed by atoms with E-state index in [0.29, 0.717) is 16.3 Å². The first-order valence-corrected chi connectivity index (χ1v) is 8.20. The molecular formula is C19H13ClFN5. The van der Waals surface area contributed by atoms with Crippen LogP contribution in [0.1, 0.15) is 5.56 Å². The first kappa shape index (κ1) is 16.2. The number of benzene rings is 2. The van der Waals surface area contributed by atoms with Crippen LogP contribution >= 0.6 is 11.6 Å². The summed E-state index contributed by atoms with van der Waals surface area (Å²) in [5.74, 6) is -0.351. The van der Waals surface area contributed by atoms with Gasteiger partial charge in [0, 0.05) is 29.0 Å². The number of hydrogen-bond donors (Lipinski definition) is 1. The van der Waals surface area contributed by atoms with E-state index in [2.05, 4.69) is 20.5 Å². The lowest BCUT2D eigenvalue weighted by atomic mass is 10.2. The fourth-order valence-electron chi connectivity index (χ4n) is 2.61. The molecule has 2 aromatic carbocycles. The van der Waals surface area contributed by atoms with Crippen molar-refractivity contribution >= 4 is 34.4 Å². The van der Waals surface area contributed by atoms with Gasteiger partial charge in [-0.25, -0.2) is 9.37 Å². The molecule has 5 nitrogen and oxygen atoms in total. The molecule has 0 amide bonds. The molecule has 26 heavy (non-hydrogen) atoms. The number of hydrogen-bond acceptors (Lipinski definition) is 4. The summed E-state index contributed by atoms with van der Waals surface area (Å²) in [5, 5.41) is 5.72. The fourth-order valence-corrected chi connectivity index (χ4v) is 2.78. The van der Waals surface area contributed by atoms with Crippen molar-refractivity contribution in [3.63, 3.8) is 0 Å². The Bertz CT molecular complexity index is 1090. The Labute approximate surface area is 153 Å². The Kier molecular flexibility index (Phi) is 4.33. The molecule has 0 aliphatic rings. The number of nitrogens with zero attached hydrogens (tertiary/aromatic N) is 4. The second kappa shape index (κ2) is 6.93. The van der Waals surface area contributed by atoms with Crippen molar-refractivity contribution < 1.29 is 4.39 Å². The molecule has 0 aliphatic heterocycles. The SMILES string of the molecule is Fc1cc(C=NNc2ccnc3cc(Cl)ccc23)ccc1-n1ccnc1. The van der Waals surface area contributed by atoms with Crippen molar-refractivity contribution in [2.75, 3.05) is 5.43 Å². The van der Waals surface area contributed by atoms with Gasteiger partial charge in [-0.3, -0.25) is 10.4 Å². The van der Waals surface area contributed by atoms with Crippen LogP contribution in [0.5, 0.6) is 0 Å². The predicted molar refractivity (Wildman–Crippen MR) is 101 cm³/mol. The maximum absolute atomic E-state index is 14.3. The Morgan fingerprint density at radius 2 is 2.04 bits per heavy atom. The van der Waals surface area contributed by atoms with E-state index in [1.807, 2.05) is 12.1 Å². The highest BCUT2D eigenvalue weighted by atomic mass is 35.5. The summed E-state index contributed by atoms with van der Waals surface area (Å²) in [4.78, 5) is 8.20. The minimum Gasteiger partial charge on any atom is -0.303 e. The molecule has 0 aliphatic carbocycles. The first-order chi connectivity index (χ1) is 12.7. The Morgan fingerprint density at radius 1 is 1.12 bits per heavy atom. The van der Waals surface area contributed by atoms with Crippen molar-refractivity contribution in [2.45, 2.75) is 0 Å². The Hall–Kier alpha value is -3.25. The van der Waals surface area contributed by atoms with Gasteiger partial charge in [0.1, 0.15) is 5.82 Å². The van der Waals surface area contributed by atoms with Gasteiger partial charge < -0.3 is 4.57 Å². The van der Waals surface area contributed by atoms with Gasteiger partial charge in [-0.05, 0) is 42.0 Å². The van der Waals surface area contributed by atoms with Crippen LogP contribution in [0.2, 0.25) is 5.02 Å². The predicted octanol–water partition coefficient (Wildman–Crippen LogP) is 4.66. The van der Waals surface area contributed by atoms with E-state index in [4.69, 9.17) is 11.6 Å². The third-order valence-electron chi connectivity index (χ3n) is 3.86. The van der Waals surface area contributed by atoms with E-state index in [1.54, 1.807) is 60.0 Å². The topological polar surface area (TPSA) is 55.1 Å². The maximum Gasteiger partial charge on any atom is 0.147 e. The summed E-state index contributed by atoms with van der Waals surface area (Å²) in [6, 6.07) is 12.2. The average molecular weight is 366 g/mol. The van der Waals surface area contributed by atoms with E-state index in [1.165, 1.54) is 6.07 Å². The number of pyridine rings is 1. The molecule has 0 unspecified atom stereocenters. The molecule has 0 saturated heterocycles. The van der Waals surface area contributed by atoms with E-state index < -0.39 is 0 Å². The summed E-state index contributed by atoms with van der Waals surface area (Å²) in [6.45, 7) is 0. The smallest absolute Gasteiger partial charge is 0.147 e. The highest BCUT2D eigenvalue weighted by Gasteiger charge is 2.05. The number of aromatic nitrogens is 3. The van der Waals surface area contributed by atoms with Gasteiger partial charge in [-0.2, -0.15) is 5.10 Å². The second-order valence-electron chi connectivity index (χ2n) is 5.57. The fraction of sp³-hybridized carbons (Fsp3) is 0. The zero-order chi connectivity index (χ0) is 17.9. The second-order valence-corrected chi connectivity index (χ2v) is 6.01. The highest BCUT2D eigenvalue weighted by Crippen LogP contribution is 2.24. The molecule has 7 heteroatoms. The van der Waals surface area contributed by atoms with Crippen LogP contribution in [0.4, 0.5) is 10.1 Å². The molecule has 2 heterocycles. The van der Waals surface area contributed by atoms with Crippen molar-refractivity contribution in [2.24, 2.45) is 5.10 Å². The van der Waals surface area contributed by atoms with Crippen LogP contribution in [-0.2, 0) is 0 Å². The minimum absolute atomic E-state index is 0.351. The quantitative estimate of drug-likeness (QED) is 0.422. The molecule has 0 bridgehead atoms. The Balaban J connectivity index is 1.55. The maximum atomic E-state index is 14.3. The van der Waals surface area contributed by atoms with Crippen LogP contribution in [-0.4, -0.2) is 20.7 Å². The molecule has 128 valence electrons. The number of rotatable bonds is 4. The van der Waals surface area contributed by atoms with Gasteiger partial charge in [0.05, 0.1) is 29.4 Å². The molecule has 0 radical (unpaired) electrons. The molecule has 4 aromatic rings. The molecule has 0 atom stereocenters. The highest BCUT2D eigenvalue weighted by molar-refractivity contribution is 6.31. The largest absolute Gasteiger partial charge is 0.303 e. The van der Waals surface area contributed by atoms with Crippen LogP contribution < -0.4 is 5.43 Å². The van der Waals surface area contributed by atoms with Gasteiger partial charge in [0.25, 0.3) is 0 Å². The molecule has 0 spiro atoms. The van der Waals surface area contributed by atoms with Crippen molar-refractivity contribution in [3.05, 3.63) is 83.8 Å². The molecule has 4 rings (SSSR count). The third kappa shape index (κ3) is 3.27. The zero-order valence-electron chi connectivity index (χ0n) is 13.5. The molecular weight excluding hydrogens is 353 g/mol. The first-order valence-electron chi connectivity index (χ1n) is 7.82. The molecule has 1 N–H and O–H groups in total. The van der Waals surface area contributed by atoms with E-state index in [0.717, 1.165) is 16.6 Å². The number of imidazole rings is 1. The summed E-state index contributed by atoms with van der Waals surface area (Å²) >= 11 is 5.99. The standard InChI is InChI=1S/C19H13ClFN5/c20-14-2-3-15-17(5-6-23-18(15)10-14)25-24-11-13-1-4-19(16(21)9-13)26-8-7-22-12-26/h1-12H,(H,23,25). The lowest BCUT2D eigenvalue weighted by molar-refractivity contribution is 0.618. The van der Waals surface area contributed by atoms with Crippen LogP contribution in [0, 0.1) is 5.82 Å².